The van der Waals surface area contributed by atoms with Crippen molar-refractivity contribution in [2.24, 2.45) is 0 Å². The summed E-state index contributed by atoms with van der Waals surface area (Å²) in [6.45, 7) is 0.504. The first kappa shape index (κ1) is 12.3. The predicted molar refractivity (Wildman–Crippen MR) is 67.5 cm³/mol. The van der Waals surface area contributed by atoms with Crippen LogP contribution >= 0.6 is 0 Å². The molecule has 2 aromatic rings. The fourth-order valence-corrected chi connectivity index (χ4v) is 1.82. The molecule has 0 saturated carbocycles. The third-order valence-electron chi connectivity index (χ3n) is 2.77. The number of carbonyl (C=O) groups is 1. The van der Waals surface area contributed by atoms with E-state index in [0.717, 1.165) is 0 Å². The van der Waals surface area contributed by atoms with Gasteiger partial charge in [-0.2, -0.15) is 0 Å². The zero-order valence-corrected chi connectivity index (χ0v) is 9.87. The Kier molecular flexibility index (Phi) is 3.72. The van der Waals surface area contributed by atoms with Crippen LogP contribution < -0.4 is 5.56 Å². The second kappa shape index (κ2) is 5.44. The van der Waals surface area contributed by atoms with Gasteiger partial charge >= 0.3 is 5.97 Å². The van der Waals surface area contributed by atoms with Crippen LogP contribution in [0.5, 0.6) is 0 Å². The second-order valence-corrected chi connectivity index (χ2v) is 4.11. The molecular formula is C13H14N2O3. The van der Waals surface area contributed by atoms with Gasteiger partial charge in [-0.05, 0) is 25.0 Å². The Bertz CT molecular complexity index is 619. The number of nitrogens with zero attached hydrogens (tertiary/aromatic N) is 2. The standard InChI is InChI=1S/C13H14N2O3/c16-12(17)7-3-4-8-15-9-14-11-6-2-1-5-10(11)13(15)18/h1-2,5-6,9H,3-4,7-8H2,(H,16,17). The molecule has 1 N–H and O–H groups in total. The van der Waals surface area contributed by atoms with Gasteiger partial charge in [0.2, 0.25) is 0 Å². The largest absolute Gasteiger partial charge is 0.481 e. The SMILES string of the molecule is O=C(O)CCCCn1cnc2ccccc2c1=O. The van der Waals surface area contributed by atoms with Crippen LogP contribution in [0.15, 0.2) is 35.4 Å². The topological polar surface area (TPSA) is 72.2 Å². The molecule has 0 atom stereocenters. The van der Waals surface area contributed by atoms with Gasteiger partial charge in [-0.15, -0.1) is 0 Å². The van der Waals surface area contributed by atoms with E-state index in [1.165, 1.54) is 10.9 Å². The molecule has 94 valence electrons. The fourth-order valence-electron chi connectivity index (χ4n) is 1.82. The molecule has 5 nitrogen and oxygen atoms in total. The highest BCUT2D eigenvalue weighted by Crippen LogP contribution is 2.05. The fraction of sp³-hybridized carbons (Fsp3) is 0.308. The number of aromatic nitrogens is 2. The summed E-state index contributed by atoms with van der Waals surface area (Å²) in [7, 11) is 0. The molecule has 0 spiro atoms. The van der Waals surface area contributed by atoms with Crippen molar-refractivity contribution in [3.8, 4) is 0 Å². The number of carboxylic acids is 1. The Morgan fingerprint density at radius 2 is 2.06 bits per heavy atom. The first-order chi connectivity index (χ1) is 8.68. The lowest BCUT2D eigenvalue weighted by atomic mass is 10.2. The summed E-state index contributed by atoms with van der Waals surface area (Å²) in [6, 6.07) is 7.19. The van der Waals surface area contributed by atoms with Crippen LogP contribution in [-0.4, -0.2) is 20.6 Å². The minimum absolute atomic E-state index is 0.0732. The molecule has 0 bridgehead atoms. The van der Waals surface area contributed by atoms with E-state index in [9.17, 15) is 9.59 Å². The molecule has 0 saturated heterocycles. The minimum Gasteiger partial charge on any atom is -0.481 e. The summed E-state index contributed by atoms with van der Waals surface area (Å²) in [4.78, 5) is 26.6. The number of benzene rings is 1. The molecule has 1 heterocycles. The average Bonchev–Trinajstić information content (AvgIpc) is 2.37. The van der Waals surface area contributed by atoms with Crippen LogP contribution in [0.3, 0.4) is 0 Å². The first-order valence-electron chi connectivity index (χ1n) is 5.84. The van der Waals surface area contributed by atoms with E-state index < -0.39 is 5.97 Å². The Morgan fingerprint density at radius 1 is 1.28 bits per heavy atom. The molecule has 0 radical (unpaired) electrons. The third kappa shape index (κ3) is 2.74. The Labute approximate surface area is 104 Å². The van der Waals surface area contributed by atoms with E-state index in [0.29, 0.717) is 30.3 Å². The lowest BCUT2D eigenvalue weighted by molar-refractivity contribution is -0.137. The van der Waals surface area contributed by atoms with Gasteiger partial charge in [-0.1, -0.05) is 12.1 Å². The number of carboxylic acid groups (broad SMARTS) is 1. The van der Waals surface area contributed by atoms with Crippen molar-refractivity contribution in [2.75, 3.05) is 0 Å². The highest BCUT2D eigenvalue weighted by molar-refractivity contribution is 5.76. The van der Waals surface area contributed by atoms with Gasteiger partial charge in [0.1, 0.15) is 0 Å². The van der Waals surface area contributed by atoms with Gasteiger partial charge in [-0.3, -0.25) is 14.2 Å². The minimum atomic E-state index is -0.806. The molecule has 0 aliphatic rings. The van der Waals surface area contributed by atoms with Crippen molar-refractivity contribution < 1.29 is 9.90 Å². The number of hydrogen-bond donors (Lipinski definition) is 1. The Balaban J connectivity index is 2.12. The Hall–Kier alpha value is -2.17. The summed E-state index contributed by atoms with van der Waals surface area (Å²) in [6.07, 6.45) is 2.88. The quantitative estimate of drug-likeness (QED) is 0.814. The van der Waals surface area contributed by atoms with Crippen LogP contribution in [0, 0.1) is 0 Å². The van der Waals surface area contributed by atoms with E-state index >= 15 is 0 Å². The van der Waals surface area contributed by atoms with Crippen LogP contribution in [0.25, 0.3) is 10.9 Å². The van der Waals surface area contributed by atoms with E-state index in [-0.39, 0.29) is 12.0 Å². The van der Waals surface area contributed by atoms with Crippen LogP contribution in [-0.2, 0) is 11.3 Å². The predicted octanol–water partition coefficient (Wildman–Crippen LogP) is 1.65. The Morgan fingerprint density at radius 3 is 2.83 bits per heavy atom. The molecular weight excluding hydrogens is 232 g/mol. The number of rotatable bonds is 5. The number of unbranched alkanes of at least 4 members (excludes halogenated alkanes) is 1. The summed E-state index contributed by atoms with van der Waals surface area (Å²) < 4.78 is 1.53. The monoisotopic (exact) mass is 246 g/mol. The van der Waals surface area contributed by atoms with Crippen LogP contribution in [0.4, 0.5) is 0 Å². The maximum absolute atomic E-state index is 12.1. The number of aliphatic carboxylic acids is 1. The molecule has 0 amide bonds. The molecule has 2 rings (SSSR count). The molecule has 1 aromatic carbocycles. The smallest absolute Gasteiger partial charge is 0.303 e. The zero-order valence-electron chi connectivity index (χ0n) is 9.87. The lowest BCUT2D eigenvalue weighted by Gasteiger charge is -2.05. The van der Waals surface area contributed by atoms with Gasteiger partial charge in [-0.25, -0.2) is 4.98 Å². The van der Waals surface area contributed by atoms with Gasteiger partial charge < -0.3 is 5.11 Å². The number of hydrogen-bond acceptors (Lipinski definition) is 3. The van der Waals surface area contributed by atoms with E-state index in [1.807, 2.05) is 6.07 Å². The number of aryl methyl sites for hydroxylation is 1. The average molecular weight is 246 g/mol. The molecule has 18 heavy (non-hydrogen) atoms. The van der Waals surface area contributed by atoms with E-state index in [1.54, 1.807) is 18.2 Å². The molecule has 1 aromatic heterocycles. The summed E-state index contributed by atoms with van der Waals surface area (Å²) in [5.41, 5.74) is 0.611. The maximum atomic E-state index is 12.1. The number of fused-ring (bicyclic) bond motifs is 1. The van der Waals surface area contributed by atoms with Gasteiger partial charge in [0.05, 0.1) is 17.2 Å². The van der Waals surface area contributed by atoms with Crippen molar-refractivity contribution in [1.29, 1.82) is 0 Å². The van der Waals surface area contributed by atoms with Gasteiger partial charge in [0.25, 0.3) is 5.56 Å². The van der Waals surface area contributed by atoms with Crippen molar-refractivity contribution in [1.82, 2.24) is 9.55 Å². The summed E-state index contributed by atoms with van der Waals surface area (Å²) in [5.74, 6) is -0.806. The van der Waals surface area contributed by atoms with Crippen molar-refractivity contribution in [3.63, 3.8) is 0 Å². The third-order valence-corrected chi connectivity index (χ3v) is 2.77. The van der Waals surface area contributed by atoms with Gasteiger partial charge in [0, 0.05) is 13.0 Å². The van der Waals surface area contributed by atoms with Crippen molar-refractivity contribution in [3.05, 3.63) is 40.9 Å². The second-order valence-electron chi connectivity index (χ2n) is 4.11. The highest BCUT2D eigenvalue weighted by atomic mass is 16.4. The molecule has 0 aliphatic heterocycles. The highest BCUT2D eigenvalue weighted by Gasteiger charge is 2.03. The molecule has 5 heteroatoms. The molecule has 0 fully saturated rings. The summed E-state index contributed by atoms with van der Waals surface area (Å²) in [5, 5.41) is 9.12. The van der Waals surface area contributed by atoms with Crippen LogP contribution in [0.2, 0.25) is 0 Å². The van der Waals surface area contributed by atoms with Crippen molar-refractivity contribution in [2.45, 2.75) is 25.8 Å². The van der Waals surface area contributed by atoms with E-state index in [4.69, 9.17) is 5.11 Å². The zero-order chi connectivity index (χ0) is 13.0. The van der Waals surface area contributed by atoms with Crippen LogP contribution in [0.1, 0.15) is 19.3 Å². The number of para-hydroxylation sites is 1. The molecule has 0 unspecified atom stereocenters. The molecule has 0 aliphatic carbocycles. The lowest BCUT2D eigenvalue weighted by Crippen LogP contribution is -2.20. The normalized spacial score (nSPS) is 10.7. The van der Waals surface area contributed by atoms with Crippen molar-refractivity contribution >= 4 is 16.9 Å². The van der Waals surface area contributed by atoms with Gasteiger partial charge in [0.15, 0.2) is 0 Å². The first-order valence-corrected chi connectivity index (χ1v) is 5.84. The van der Waals surface area contributed by atoms with E-state index in [2.05, 4.69) is 4.98 Å². The maximum Gasteiger partial charge on any atom is 0.303 e. The summed E-state index contributed by atoms with van der Waals surface area (Å²) >= 11 is 0.